The number of furan rings is 1. The molecule has 264 valence electrons. The molecule has 0 amide bonds. The molecule has 0 atom stereocenters. The van der Waals surface area contributed by atoms with E-state index in [1.165, 1.54) is 117 Å². The van der Waals surface area contributed by atoms with E-state index in [4.69, 9.17) is 4.42 Å². The molecule has 0 saturated heterocycles. The number of para-hydroxylation sites is 1. The van der Waals surface area contributed by atoms with Crippen LogP contribution in [0.2, 0.25) is 0 Å². The third-order valence-electron chi connectivity index (χ3n) is 11.6. The second kappa shape index (κ2) is 14.0. The zero-order chi connectivity index (χ0) is 36.1. The first-order valence-corrected chi connectivity index (χ1v) is 20.1. The van der Waals surface area contributed by atoms with E-state index in [-0.39, 0.29) is 6.85 Å². The van der Waals surface area contributed by atoms with Crippen molar-refractivity contribution in [1.29, 1.82) is 0 Å². The highest BCUT2D eigenvalue weighted by molar-refractivity contribution is 6.93. The molecular weight excluding hydrogens is 643 g/mol. The van der Waals surface area contributed by atoms with E-state index >= 15 is 0 Å². The predicted molar refractivity (Wildman–Crippen MR) is 228 cm³/mol. The van der Waals surface area contributed by atoms with Crippen molar-refractivity contribution < 1.29 is 4.42 Å². The molecule has 0 bridgehead atoms. The minimum Gasteiger partial charge on any atom is -0.456 e. The Labute approximate surface area is 315 Å². The molecular formula is C49H49BN2O. The highest BCUT2D eigenvalue weighted by Gasteiger charge is 2.45. The van der Waals surface area contributed by atoms with Crippen LogP contribution in [0.5, 0.6) is 0 Å². The van der Waals surface area contributed by atoms with Crippen molar-refractivity contribution in [2.24, 2.45) is 0 Å². The van der Waals surface area contributed by atoms with Crippen molar-refractivity contribution in [2.45, 2.75) is 85.5 Å². The summed E-state index contributed by atoms with van der Waals surface area (Å²) in [7, 11) is 0. The Morgan fingerprint density at radius 2 is 1.17 bits per heavy atom. The second-order valence-corrected chi connectivity index (χ2v) is 15.4. The number of unbranched alkanes of at least 4 members (excludes halogenated alkanes) is 3. The van der Waals surface area contributed by atoms with E-state index in [9.17, 15) is 0 Å². The smallest absolute Gasteiger partial charge is 0.333 e. The summed E-state index contributed by atoms with van der Waals surface area (Å²) in [5.74, 6) is 0. The van der Waals surface area contributed by atoms with Crippen LogP contribution in [0.1, 0.15) is 81.5 Å². The zero-order valence-electron chi connectivity index (χ0n) is 31.7. The molecule has 4 heteroatoms. The van der Waals surface area contributed by atoms with Crippen LogP contribution in [0.15, 0.2) is 120 Å². The molecule has 0 unspecified atom stereocenters. The van der Waals surface area contributed by atoms with Gasteiger partial charge in [0.1, 0.15) is 11.2 Å². The third-order valence-corrected chi connectivity index (χ3v) is 11.6. The standard InChI is InChI=1S/C49H49BN2O/c1-5-8-13-34-18-23-37(24-19-34)51-44-27-22-36(15-10-7-3)30-43(44)50-49-42(28-33(4)29-46(49)51)40-31-41-39-16-11-12-17-47(39)53-48(41)32-45(40)52(50)38-25-20-35(21-26-38)14-9-6-2/h11-12,16-32H,5-10,13-15H2,1-4H3. The molecule has 1 aromatic heterocycles. The number of aryl methyl sites for hydroxylation is 4. The van der Waals surface area contributed by atoms with E-state index in [0.717, 1.165) is 35.8 Å². The number of benzene rings is 6. The fraction of sp³-hybridized carbons (Fsp3) is 0.265. The van der Waals surface area contributed by atoms with Gasteiger partial charge in [0.05, 0.1) is 0 Å². The Hall–Kier alpha value is -5.22. The molecule has 53 heavy (non-hydrogen) atoms. The van der Waals surface area contributed by atoms with Crippen molar-refractivity contribution in [2.75, 3.05) is 9.71 Å². The number of anilines is 5. The van der Waals surface area contributed by atoms with Crippen LogP contribution in [0.3, 0.4) is 0 Å². The van der Waals surface area contributed by atoms with Gasteiger partial charge in [-0.2, -0.15) is 0 Å². The summed E-state index contributed by atoms with van der Waals surface area (Å²) in [5.41, 5.74) is 18.8. The van der Waals surface area contributed by atoms with Gasteiger partial charge in [-0.1, -0.05) is 101 Å². The summed E-state index contributed by atoms with van der Waals surface area (Å²) in [6, 6.07) is 44.2. The van der Waals surface area contributed by atoms with Gasteiger partial charge in [-0.15, -0.1) is 0 Å². The van der Waals surface area contributed by atoms with Crippen molar-refractivity contribution in [3.05, 3.63) is 138 Å². The lowest BCUT2D eigenvalue weighted by Crippen LogP contribution is -2.61. The minimum atomic E-state index is -0.00641. The van der Waals surface area contributed by atoms with Crippen molar-refractivity contribution in [3.8, 4) is 11.1 Å². The molecule has 2 aliphatic rings. The quantitative estimate of drug-likeness (QED) is 0.126. The van der Waals surface area contributed by atoms with E-state index in [1.54, 1.807) is 0 Å². The lowest BCUT2D eigenvalue weighted by molar-refractivity contribution is 0.669. The van der Waals surface area contributed by atoms with Crippen LogP contribution < -0.4 is 20.6 Å². The topological polar surface area (TPSA) is 19.6 Å². The summed E-state index contributed by atoms with van der Waals surface area (Å²) in [6.45, 7) is 9.08. The van der Waals surface area contributed by atoms with Crippen LogP contribution in [0.4, 0.5) is 28.4 Å². The molecule has 3 nitrogen and oxygen atoms in total. The van der Waals surface area contributed by atoms with Gasteiger partial charge in [-0.05, 0) is 133 Å². The highest BCUT2D eigenvalue weighted by Crippen LogP contribution is 2.49. The maximum Gasteiger partial charge on any atom is 0.333 e. The van der Waals surface area contributed by atoms with Gasteiger partial charge in [-0.25, -0.2) is 0 Å². The fourth-order valence-corrected chi connectivity index (χ4v) is 8.87. The predicted octanol–water partition coefficient (Wildman–Crippen LogP) is 12.6. The van der Waals surface area contributed by atoms with Crippen molar-refractivity contribution in [1.82, 2.24) is 0 Å². The Bertz CT molecular complexity index is 2440. The molecule has 0 radical (unpaired) electrons. The molecule has 0 spiro atoms. The van der Waals surface area contributed by atoms with Gasteiger partial charge in [0.25, 0.3) is 0 Å². The van der Waals surface area contributed by atoms with Gasteiger partial charge >= 0.3 is 6.85 Å². The maximum absolute atomic E-state index is 6.59. The molecule has 0 N–H and O–H groups in total. The number of fused-ring (bicyclic) bond motifs is 7. The first kappa shape index (κ1) is 33.6. The van der Waals surface area contributed by atoms with Crippen LogP contribution in [0, 0.1) is 6.92 Å². The van der Waals surface area contributed by atoms with E-state index in [1.807, 2.05) is 0 Å². The normalized spacial score (nSPS) is 13.1. The van der Waals surface area contributed by atoms with Gasteiger partial charge in [0.2, 0.25) is 0 Å². The summed E-state index contributed by atoms with van der Waals surface area (Å²) in [5, 5.41) is 2.33. The van der Waals surface area contributed by atoms with Crippen molar-refractivity contribution >= 4 is 68.1 Å². The second-order valence-electron chi connectivity index (χ2n) is 15.4. The van der Waals surface area contributed by atoms with Gasteiger partial charge in [0.15, 0.2) is 0 Å². The highest BCUT2D eigenvalue weighted by atomic mass is 16.3. The molecule has 0 saturated carbocycles. The summed E-state index contributed by atoms with van der Waals surface area (Å²) in [6.07, 6.45) is 10.5. The number of rotatable bonds is 11. The first-order valence-electron chi connectivity index (χ1n) is 20.1. The van der Waals surface area contributed by atoms with Crippen LogP contribution in [-0.2, 0) is 19.3 Å². The zero-order valence-corrected chi connectivity index (χ0v) is 31.7. The minimum absolute atomic E-state index is 0.00641. The first-order chi connectivity index (χ1) is 26.1. The van der Waals surface area contributed by atoms with Gasteiger partial charge < -0.3 is 14.1 Å². The van der Waals surface area contributed by atoms with Crippen molar-refractivity contribution in [3.63, 3.8) is 0 Å². The van der Waals surface area contributed by atoms with Gasteiger partial charge in [-0.3, -0.25) is 0 Å². The Morgan fingerprint density at radius 3 is 1.87 bits per heavy atom. The number of hydrogen-bond donors (Lipinski definition) is 0. The summed E-state index contributed by atoms with van der Waals surface area (Å²) >= 11 is 0. The summed E-state index contributed by atoms with van der Waals surface area (Å²) < 4.78 is 6.59. The Balaban J connectivity index is 1.33. The Kier molecular flexibility index (Phi) is 8.86. The average Bonchev–Trinajstić information content (AvgIpc) is 3.56. The molecule has 7 aromatic rings. The lowest BCUT2D eigenvalue weighted by Gasteiger charge is -2.46. The largest absolute Gasteiger partial charge is 0.456 e. The SMILES string of the molecule is CCCCc1ccc(N2B3c4cc(CCCC)ccc4N(c4ccc(CCCC)cc4)c4cc(C)cc(c43)-c3cc4c(cc32)oc2ccccc24)cc1. The monoisotopic (exact) mass is 692 g/mol. The van der Waals surface area contributed by atoms with E-state index in [2.05, 4.69) is 153 Å². The van der Waals surface area contributed by atoms with Gasteiger partial charge in [0, 0.05) is 50.8 Å². The lowest BCUT2D eigenvalue weighted by atomic mass is 9.43. The molecule has 0 fully saturated rings. The summed E-state index contributed by atoms with van der Waals surface area (Å²) in [4.78, 5) is 5.17. The molecule has 0 aliphatic carbocycles. The number of hydrogen-bond acceptors (Lipinski definition) is 3. The van der Waals surface area contributed by atoms with Crippen LogP contribution in [-0.4, -0.2) is 6.85 Å². The average molecular weight is 693 g/mol. The van der Waals surface area contributed by atoms with E-state index in [0.29, 0.717) is 0 Å². The maximum atomic E-state index is 6.59. The van der Waals surface area contributed by atoms with E-state index < -0.39 is 0 Å². The Morgan fingerprint density at radius 1 is 0.528 bits per heavy atom. The molecule has 6 aromatic carbocycles. The molecule has 3 heterocycles. The van der Waals surface area contributed by atoms with Crippen LogP contribution >= 0.6 is 0 Å². The fourth-order valence-electron chi connectivity index (χ4n) is 8.87. The molecule has 9 rings (SSSR count). The number of nitrogens with zero attached hydrogens (tertiary/aromatic N) is 2. The molecule has 2 aliphatic heterocycles. The van der Waals surface area contributed by atoms with Crippen LogP contribution in [0.25, 0.3) is 33.1 Å². The third kappa shape index (κ3) is 5.84.